The molecule has 0 aliphatic heterocycles. The predicted molar refractivity (Wildman–Crippen MR) is 45.0 cm³/mol. The zero-order chi connectivity index (χ0) is 7.82. The van der Waals surface area contributed by atoms with Gasteiger partial charge in [-0.05, 0) is 25.5 Å². The second-order valence-electron chi connectivity index (χ2n) is 1.91. The summed E-state index contributed by atoms with van der Waals surface area (Å²) >= 11 is 0. The van der Waals surface area contributed by atoms with E-state index >= 15 is 0 Å². The third kappa shape index (κ3) is 5.16. The molecule has 0 aromatic rings. The van der Waals surface area contributed by atoms with E-state index in [1.807, 2.05) is 18.2 Å². The molecular formula is C9H14O. The van der Waals surface area contributed by atoms with Gasteiger partial charge in [0.1, 0.15) is 5.76 Å². The van der Waals surface area contributed by atoms with Crippen molar-refractivity contribution in [2.75, 3.05) is 0 Å². The highest BCUT2D eigenvalue weighted by atomic mass is 16.3. The Labute approximate surface area is 62.4 Å². The van der Waals surface area contributed by atoms with Crippen LogP contribution in [0.15, 0.2) is 36.1 Å². The first-order valence-electron chi connectivity index (χ1n) is 3.49. The predicted octanol–water partition coefficient (Wildman–Crippen LogP) is 2.97. The smallest absolute Gasteiger partial charge is 0.111 e. The highest BCUT2D eigenvalue weighted by Crippen LogP contribution is 1.90. The van der Waals surface area contributed by atoms with Crippen LogP contribution in [0.1, 0.15) is 20.3 Å². The molecule has 1 N–H and O–H groups in total. The summed E-state index contributed by atoms with van der Waals surface area (Å²) in [5.74, 6) is 0.306. The van der Waals surface area contributed by atoms with Crippen LogP contribution >= 0.6 is 0 Å². The lowest BCUT2D eigenvalue weighted by Gasteiger charge is -1.83. The van der Waals surface area contributed by atoms with E-state index in [0.29, 0.717) is 5.76 Å². The lowest BCUT2D eigenvalue weighted by Crippen LogP contribution is -1.68. The molecule has 0 unspecified atom stereocenters. The number of allylic oxidation sites excluding steroid dienone is 5. The topological polar surface area (TPSA) is 20.2 Å². The standard InChI is InChI=1S/C9H14O/c1-3-5-6-7-8-9(10)4-2/h4-8,10H,3H2,1-2H3/b6-5-,8-7-,9-4+. The highest BCUT2D eigenvalue weighted by molar-refractivity contribution is 5.15. The average Bonchev–Trinajstić information content (AvgIpc) is 1.98. The van der Waals surface area contributed by atoms with Crippen LogP contribution in [-0.2, 0) is 0 Å². The third-order valence-electron chi connectivity index (χ3n) is 1.05. The third-order valence-corrected chi connectivity index (χ3v) is 1.05. The number of aliphatic hydroxyl groups is 1. The van der Waals surface area contributed by atoms with Crippen molar-refractivity contribution >= 4 is 0 Å². The van der Waals surface area contributed by atoms with Crippen molar-refractivity contribution in [3.63, 3.8) is 0 Å². The maximum absolute atomic E-state index is 8.90. The van der Waals surface area contributed by atoms with Gasteiger partial charge in [0.25, 0.3) is 0 Å². The lowest BCUT2D eigenvalue weighted by atomic mass is 10.3. The van der Waals surface area contributed by atoms with Crippen LogP contribution < -0.4 is 0 Å². The normalized spacial score (nSPS) is 13.6. The van der Waals surface area contributed by atoms with Crippen LogP contribution in [0.3, 0.4) is 0 Å². The first-order valence-corrected chi connectivity index (χ1v) is 3.49. The van der Waals surface area contributed by atoms with Crippen molar-refractivity contribution in [2.24, 2.45) is 0 Å². The minimum absolute atomic E-state index is 0.306. The second kappa shape index (κ2) is 6.14. The molecule has 0 spiro atoms. The molecular weight excluding hydrogens is 124 g/mol. The molecule has 0 atom stereocenters. The van der Waals surface area contributed by atoms with Crippen LogP contribution in [0.4, 0.5) is 0 Å². The van der Waals surface area contributed by atoms with Gasteiger partial charge in [-0.3, -0.25) is 0 Å². The molecule has 0 heterocycles. The van der Waals surface area contributed by atoms with Gasteiger partial charge in [0, 0.05) is 0 Å². The summed E-state index contributed by atoms with van der Waals surface area (Å²) in [5.41, 5.74) is 0. The number of hydrogen-bond acceptors (Lipinski definition) is 1. The maximum atomic E-state index is 8.90. The lowest BCUT2D eigenvalue weighted by molar-refractivity contribution is 0.431. The molecule has 0 aliphatic carbocycles. The van der Waals surface area contributed by atoms with Gasteiger partial charge in [-0.2, -0.15) is 0 Å². The Balaban J connectivity index is 3.66. The fourth-order valence-corrected chi connectivity index (χ4v) is 0.465. The zero-order valence-corrected chi connectivity index (χ0v) is 6.54. The van der Waals surface area contributed by atoms with Crippen molar-refractivity contribution in [2.45, 2.75) is 20.3 Å². The SMILES string of the molecule is C\C=C(O)/C=C\C=C/CC. The van der Waals surface area contributed by atoms with Gasteiger partial charge in [0.15, 0.2) is 0 Å². The Hall–Kier alpha value is -0.980. The van der Waals surface area contributed by atoms with E-state index in [2.05, 4.69) is 6.92 Å². The van der Waals surface area contributed by atoms with Gasteiger partial charge in [0.05, 0.1) is 0 Å². The zero-order valence-electron chi connectivity index (χ0n) is 6.54. The van der Waals surface area contributed by atoms with E-state index < -0.39 is 0 Å². The molecule has 0 amide bonds. The van der Waals surface area contributed by atoms with E-state index in [4.69, 9.17) is 5.11 Å². The molecule has 0 bridgehead atoms. The molecule has 10 heavy (non-hydrogen) atoms. The summed E-state index contributed by atoms with van der Waals surface area (Å²) in [7, 11) is 0. The van der Waals surface area contributed by atoms with Gasteiger partial charge in [-0.1, -0.05) is 25.2 Å². The monoisotopic (exact) mass is 138 g/mol. The van der Waals surface area contributed by atoms with Gasteiger partial charge >= 0.3 is 0 Å². The van der Waals surface area contributed by atoms with E-state index in [9.17, 15) is 0 Å². The highest BCUT2D eigenvalue weighted by Gasteiger charge is 1.75. The first kappa shape index (κ1) is 9.02. The van der Waals surface area contributed by atoms with E-state index in [-0.39, 0.29) is 0 Å². The molecule has 1 heteroatoms. The molecule has 0 radical (unpaired) electrons. The van der Waals surface area contributed by atoms with Crippen LogP contribution in [0, 0.1) is 0 Å². The van der Waals surface area contributed by atoms with Gasteiger partial charge in [-0.25, -0.2) is 0 Å². The minimum atomic E-state index is 0.306. The van der Waals surface area contributed by atoms with Crippen LogP contribution in [-0.4, -0.2) is 5.11 Å². The van der Waals surface area contributed by atoms with Crippen LogP contribution in [0.2, 0.25) is 0 Å². The number of hydrogen-bond donors (Lipinski definition) is 1. The van der Waals surface area contributed by atoms with Gasteiger partial charge in [-0.15, -0.1) is 0 Å². The Morgan fingerprint density at radius 2 is 2.10 bits per heavy atom. The summed E-state index contributed by atoms with van der Waals surface area (Å²) in [6.07, 6.45) is 10.1. The molecule has 0 saturated carbocycles. The summed E-state index contributed by atoms with van der Waals surface area (Å²) in [6, 6.07) is 0. The fraction of sp³-hybridized carbons (Fsp3) is 0.333. The molecule has 1 nitrogen and oxygen atoms in total. The molecule has 0 fully saturated rings. The molecule has 0 rings (SSSR count). The van der Waals surface area contributed by atoms with E-state index in [0.717, 1.165) is 6.42 Å². The van der Waals surface area contributed by atoms with E-state index in [1.54, 1.807) is 19.1 Å². The Bertz CT molecular complexity index is 152. The second-order valence-corrected chi connectivity index (χ2v) is 1.91. The summed E-state index contributed by atoms with van der Waals surface area (Å²) in [6.45, 7) is 3.86. The van der Waals surface area contributed by atoms with Gasteiger partial charge < -0.3 is 5.11 Å². The van der Waals surface area contributed by atoms with Crippen molar-refractivity contribution in [3.05, 3.63) is 36.1 Å². The van der Waals surface area contributed by atoms with Crippen LogP contribution in [0.5, 0.6) is 0 Å². The first-order chi connectivity index (χ1) is 4.81. The molecule has 0 saturated heterocycles. The fourth-order valence-electron chi connectivity index (χ4n) is 0.465. The quantitative estimate of drug-likeness (QED) is 0.469. The number of rotatable bonds is 3. The summed E-state index contributed by atoms with van der Waals surface area (Å²) in [5, 5.41) is 8.90. The van der Waals surface area contributed by atoms with E-state index in [1.165, 1.54) is 0 Å². The van der Waals surface area contributed by atoms with Crippen LogP contribution in [0.25, 0.3) is 0 Å². The summed E-state index contributed by atoms with van der Waals surface area (Å²) in [4.78, 5) is 0. The average molecular weight is 138 g/mol. The molecule has 0 aliphatic rings. The van der Waals surface area contributed by atoms with Crippen molar-refractivity contribution in [3.8, 4) is 0 Å². The number of aliphatic hydroxyl groups excluding tert-OH is 1. The Kier molecular flexibility index (Phi) is 5.54. The largest absolute Gasteiger partial charge is 0.508 e. The van der Waals surface area contributed by atoms with Crippen molar-refractivity contribution in [1.82, 2.24) is 0 Å². The molecule has 0 aromatic carbocycles. The molecule has 0 aromatic heterocycles. The van der Waals surface area contributed by atoms with Crippen molar-refractivity contribution in [1.29, 1.82) is 0 Å². The Morgan fingerprint density at radius 3 is 2.60 bits per heavy atom. The molecule has 56 valence electrons. The summed E-state index contributed by atoms with van der Waals surface area (Å²) < 4.78 is 0. The van der Waals surface area contributed by atoms with Gasteiger partial charge in [0.2, 0.25) is 0 Å². The maximum Gasteiger partial charge on any atom is 0.111 e. The minimum Gasteiger partial charge on any atom is -0.508 e. The Morgan fingerprint density at radius 1 is 1.40 bits per heavy atom. The van der Waals surface area contributed by atoms with Crippen molar-refractivity contribution < 1.29 is 5.11 Å².